The average molecular weight is 453 g/mol. The molecule has 2 aromatic heterocycles. The number of fused-ring (bicyclic) bond motifs is 1. The van der Waals surface area contributed by atoms with E-state index >= 15 is 0 Å². The quantitative estimate of drug-likeness (QED) is 0.306. The zero-order valence-corrected chi connectivity index (χ0v) is 18.4. The average Bonchev–Trinajstić information content (AvgIpc) is 3.14. The summed E-state index contributed by atoms with van der Waals surface area (Å²) in [5, 5.41) is 3.78. The van der Waals surface area contributed by atoms with Gasteiger partial charge in [-0.3, -0.25) is 9.59 Å². The minimum absolute atomic E-state index is 0.0110. The van der Waals surface area contributed by atoms with Crippen LogP contribution in [-0.2, 0) is 17.0 Å². The summed E-state index contributed by atoms with van der Waals surface area (Å²) in [5.41, 5.74) is 2.05. The lowest BCUT2D eigenvalue weighted by Gasteiger charge is -2.05. The lowest BCUT2D eigenvalue weighted by Crippen LogP contribution is -2.18. The zero-order valence-electron chi connectivity index (χ0n) is 16.8. The summed E-state index contributed by atoms with van der Waals surface area (Å²) in [4.78, 5) is 36.1. The maximum Gasteiger partial charge on any atom is 0.251 e. The number of ether oxygens (including phenoxy) is 1. The van der Waals surface area contributed by atoms with Gasteiger partial charge in [-0.2, -0.15) is 0 Å². The van der Waals surface area contributed by atoms with Crippen LogP contribution in [0.1, 0.15) is 18.2 Å². The Labute approximate surface area is 186 Å². The first-order valence-electron chi connectivity index (χ1n) is 9.69. The van der Waals surface area contributed by atoms with Crippen LogP contribution in [0.3, 0.4) is 0 Å². The van der Waals surface area contributed by atoms with Crippen molar-refractivity contribution in [2.75, 3.05) is 11.9 Å². The molecule has 0 aliphatic carbocycles. The molecule has 2 N–H and O–H groups in total. The molecule has 2 aromatic carbocycles. The highest BCUT2D eigenvalue weighted by Crippen LogP contribution is 2.29. The minimum atomic E-state index is -0.281. The van der Waals surface area contributed by atoms with Gasteiger partial charge in [0.15, 0.2) is 10.3 Å². The second kappa shape index (κ2) is 9.76. The molecule has 7 nitrogen and oxygen atoms in total. The maximum atomic E-state index is 12.5. The number of hydrogen-bond donors (Lipinski definition) is 2. The third-order valence-corrected chi connectivity index (χ3v) is 6.13. The van der Waals surface area contributed by atoms with Gasteiger partial charge in [0.1, 0.15) is 5.75 Å². The van der Waals surface area contributed by atoms with E-state index in [1.54, 1.807) is 0 Å². The predicted molar refractivity (Wildman–Crippen MR) is 124 cm³/mol. The molecule has 0 radical (unpaired) electrons. The van der Waals surface area contributed by atoms with Crippen LogP contribution >= 0.6 is 23.1 Å². The Bertz CT molecular complexity index is 1250. The molecule has 158 valence electrons. The van der Waals surface area contributed by atoms with Gasteiger partial charge in [0.05, 0.1) is 28.9 Å². The highest BCUT2D eigenvalue weighted by molar-refractivity contribution is 7.98. The van der Waals surface area contributed by atoms with E-state index in [2.05, 4.69) is 20.3 Å². The Morgan fingerprint density at radius 1 is 1.16 bits per heavy atom. The second-order valence-electron chi connectivity index (χ2n) is 6.62. The van der Waals surface area contributed by atoms with Crippen molar-refractivity contribution in [1.29, 1.82) is 0 Å². The number of carbonyl (C=O) groups is 1. The SMILES string of the molecule is CCOc1ccc2nc(NC(=O)Cc3cc(=O)[nH]c(SCc4ccccc4)n3)sc2c1. The van der Waals surface area contributed by atoms with E-state index in [9.17, 15) is 9.59 Å². The van der Waals surface area contributed by atoms with Crippen molar-refractivity contribution in [2.45, 2.75) is 24.3 Å². The molecular weight excluding hydrogens is 432 g/mol. The van der Waals surface area contributed by atoms with Crippen molar-refractivity contribution in [3.8, 4) is 5.75 Å². The van der Waals surface area contributed by atoms with Gasteiger partial charge in [-0.25, -0.2) is 9.97 Å². The van der Waals surface area contributed by atoms with Gasteiger partial charge in [-0.1, -0.05) is 53.4 Å². The largest absolute Gasteiger partial charge is 0.494 e. The number of H-pyrrole nitrogens is 1. The van der Waals surface area contributed by atoms with E-state index in [1.165, 1.54) is 29.2 Å². The number of carbonyl (C=O) groups excluding carboxylic acids is 1. The van der Waals surface area contributed by atoms with Crippen molar-refractivity contribution in [3.05, 3.63) is 76.2 Å². The summed E-state index contributed by atoms with van der Waals surface area (Å²) >= 11 is 2.79. The standard InChI is InChI=1S/C22H20N4O3S2/c1-2-29-16-8-9-17-18(12-16)31-22(24-17)26-20(28)11-15-10-19(27)25-21(23-15)30-13-14-6-4-3-5-7-14/h3-10,12H,2,11,13H2,1H3,(H,23,25,27)(H,24,26,28). The number of aromatic nitrogens is 3. The summed E-state index contributed by atoms with van der Waals surface area (Å²) in [5.74, 6) is 1.17. The molecule has 4 aromatic rings. The number of amides is 1. The minimum Gasteiger partial charge on any atom is -0.494 e. The van der Waals surface area contributed by atoms with E-state index in [0.29, 0.717) is 28.3 Å². The third kappa shape index (κ3) is 5.71. The zero-order chi connectivity index (χ0) is 21.6. The fourth-order valence-corrected chi connectivity index (χ4v) is 4.67. The number of thioether (sulfide) groups is 1. The van der Waals surface area contributed by atoms with Crippen LogP contribution < -0.4 is 15.6 Å². The molecule has 9 heteroatoms. The molecule has 1 amide bonds. The van der Waals surface area contributed by atoms with Crippen molar-refractivity contribution in [3.63, 3.8) is 0 Å². The topological polar surface area (TPSA) is 97.0 Å². The summed E-state index contributed by atoms with van der Waals surface area (Å²) in [6.45, 7) is 2.51. The molecule has 0 aliphatic heterocycles. The number of aromatic amines is 1. The summed E-state index contributed by atoms with van der Waals surface area (Å²) < 4.78 is 6.43. The van der Waals surface area contributed by atoms with Crippen molar-refractivity contribution >= 4 is 44.4 Å². The first kappa shape index (κ1) is 21.1. The Morgan fingerprint density at radius 2 is 2.00 bits per heavy atom. The van der Waals surface area contributed by atoms with Crippen LogP contribution in [0.5, 0.6) is 5.75 Å². The normalized spacial score (nSPS) is 10.9. The van der Waals surface area contributed by atoms with Crippen LogP contribution in [-0.4, -0.2) is 27.5 Å². The highest BCUT2D eigenvalue weighted by atomic mass is 32.2. The third-order valence-electron chi connectivity index (χ3n) is 4.25. The molecule has 0 spiro atoms. The molecule has 0 unspecified atom stereocenters. The summed E-state index contributed by atoms with van der Waals surface area (Å²) in [6, 6.07) is 16.9. The van der Waals surface area contributed by atoms with E-state index in [-0.39, 0.29) is 17.9 Å². The van der Waals surface area contributed by atoms with E-state index in [4.69, 9.17) is 4.74 Å². The number of benzene rings is 2. The predicted octanol–water partition coefficient (Wildman–Crippen LogP) is 4.25. The first-order chi connectivity index (χ1) is 15.1. The fourth-order valence-electron chi connectivity index (χ4n) is 2.91. The number of nitrogens with one attached hydrogen (secondary N) is 2. The number of nitrogens with zero attached hydrogens (tertiary/aromatic N) is 2. The van der Waals surface area contributed by atoms with Crippen molar-refractivity contribution in [1.82, 2.24) is 15.0 Å². The summed E-state index contributed by atoms with van der Waals surface area (Å²) in [6.07, 6.45) is -0.0110. The Hall–Kier alpha value is -3.17. The molecule has 0 atom stereocenters. The van der Waals surface area contributed by atoms with E-state index in [0.717, 1.165) is 21.5 Å². The second-order valence-corrected chi connectivity index (χ2v) is 8.62. The Morgan fingerprint density at radius 3 is 2.81 bits per heavy atom. The summed E-state index contributed by atoms with van der Waals surface area (Å²) in [7, 11) is 0. The van der Waals surface area contributed by atoms with Gasteiger partial charge in [-0.15, -0.1) is 0 Å². The molecule has 0 saturated heterocycles. The van der Waals surface area contributed by atoms with Crippen LogP contribution in [0, 0.1) is 0 Å². The molecule has 4 rings (SSSR count). The van der Waals surface area contributed by atoms with Gasteiger partial charge in [0, 0.05) is 11.8 Å². The van der Waals surface area contributed by atoms with Crippen LogP contribution in [0.15, 0.2) is 64.5 Å². The lowest BCUT2D eigenvalue weighted by atomic mass is 10.2. The number of hydrogen-bond acceptors (Lipinski definition) is 7. The lowest BCUT2D eigenvalue weighted by molar-refractivity contribution is -0.115. The number of thiazole rings is 1. The smallest absolute Gasteiger partial charge is 0.251 e. The van der Waals surface area contributed by atoms with Crippen LogP contribution in [0.4, 0.5) is 5.13 Å². The van der Waals surface area contributed by atoms with Crippen LogP contribution in [0.25, 0.3) is 10.2 Å². The molecule has 0 bridgehead atoms. The highest BCUT2D eigenvalue weighted by Gasteiger charge is 2.12. The van der Waals surface area contributed by atoms with Crippen molar-refractivity contribution < 1.29 is 9.53 Å². The first-order valence-corrected chi connectivity index (χ1v) is 11.5. The molecule has 31 heavy (non-hydrogen) atoms. The van der Waals surface area contributed by atoms with Gasteiger partial charge >= 0.3 is 0 Å². The molecule has 0 fully saturated rings. The van der Waals surface area contributed by atoms with E-state index < -0.39 is 0 Å². The van der Waals surface area contributed by atoms with Crippen LogP contribution in [0.2, 0.25) is 0 Å². The molecule has 0 saturated carbocycles. The van der Waals surface area contributed by atoms with Gasteiger partial charge in [-0.05, 0) is 30.7 Å². The molecule has 0 aliphatic rings. The fraction of sp³-hybridized carbons (Fsp3) is 0.182. The van der Waals surface area contributed by atoms with Gasteiger partial charge in [0.25, 0.3) is 5.56 Å². The van der Waals surface area contributed by atoms with Crippen molar-refractivity contribution in [2.24, 2.45) is 0 Å². The molecular formula is C22H20N4O3S2. The number of anilines is 1. The molecule has 2 heterocycles. The maximum absolute atomic E-state index is 12.5. The van der Waals surface area contributed by atoms with Gasteiger partial charge < -0.3 is 15.0 Å². The Kier molecular flexibility index (Phi) is 6.63. The number of rotatable bonds is 8. The van der Waals surface area contributed by atoms with E-state index in [1.807, 2.05) is 55.5 Å². The monoisotopic (exact) mass is 452 g/mol. The van der Waals surface area contributed by atoms with Gasteiger partial charge in [0.2, 0.25) is 5.91 Å². The Balaban J connectivity index is 1.41.